The molecule has 0 atom stereocenters. The molecule has 0 bridgehead atoms. The number of anilines is 1. The van der Waals surface area contributed by atoms with Crippen LogP contribution in [0.2, 0.25) is 0 Å². The van der Waals surface area contributed by atoms with E-state index in [2.05, 4.69) is 10.3 Å². The fourth-order valence-corrected chi connectivity index (χ4v) is 1.24. The molecule has 3 N–H and O–H groups in total. The molecule has 0 saturated carbocycles. The minimum atomic E-state index is -1.00. The molecule has 0 spiro atoms. The second-order valence-corrected chi connectivity index (χ2v) is 4.23. The summed E-state index contributed by atoms with van der Waals surface area (Å²) < 4.78 is 4.91. The van der Waals surface area contributed by atoms with Crippen LogP contribution in [0.25, 0.3) is 0 Å². The van der Waals surface area contributed by atoms with Gasteiger partial charge in [-0.3, -0.25) is 4.79 Å². The van der Waals surface area contributed by atoms with E-state index in [0.717, 1.165) is 0 Å². The Bertz CT molecular complexity index is 458. The average molecular weight is 251 g/mol. The summed E-state index contributed by atoms with van der Waals surface area (Å²) in [5, 5.41) is 2.84. The number of ether oxygens (including phenoxy) is 1. The topological polar surface area (TPSA) is 94.3 Å². The number of nitrogens with two attached hydrogens (primary N) is 1. The molecule has 1 rings (SSSR count). The number of amides is 1. The average Bonchev–Trinajstić information content (AvgIpc) is 2.29. The summed E-state index contributed by atoms with van der Waals surface area (Å²) in [7, 11) is 0. The molecule has 0 aliphatic heterocycles. The Hall–Kier alpha value is -2.11. The third kappa shape index (κ3) is 3.19. The Morgan fingerprint density at radius 1 is 1.50 bits per heavy atom. The monoisotopic (exact) mass is 251 g/mol. The highest BCUT2D eigenvalue weighted by Gasteiger charge is 2.27. The van der Waals surface area contributed by atoms with Crippen molar-refractivity contribution < 1.29 is 14.3 Å². The van der Waals surface area contributed by atoms with Crippen molar-refractivity contribution in [2.45, 2.75) is 26.3 Å². The van der Waals surface area contributed by atoms with Crippen LogP contribution in [-0.4, -0.2) is 29.0 Å². The molecule has 1 aromatic heterocycles. The van der Waals surface area contributed by atoms with Gasteiger partial charge in [-0.05, 0) is 32.9 Å². The molecular formula is C12H17N3O3. The van der Waals surface area contributed by atoms with Gasteiger partial charge in [-0.15, -0.1) is 0 Å². The van der Waals surface area contributed by atoms with Crippen molar-refractivity contribution in [1.29, 1.82) is 0 Å². The molecule has 0 aromatic carbocycles. The predicted octanol–water partition coefficient (Wildman–Crippen LogP) is 0.934. The van der Waals surface area contributed by atoms with Gasteiger partial charge in [0, 0.05) is 6.20 Å². The Kier molecular flexibility index (Phi) is 4.25. The van der Waals surface area contributed by atoms with E-state index in [9.17, 15) is 9.59 Å². The summed E-state index contributed by atoms with van der Waals surface area (Å²) in [5.74, 6) is -0.754. The van der Waals surface area contributed by atoms with E-state index in [-0.39, 0.29) is 18.0 Å². The molecule has 6 nitrogen and oxygen atoms in total. The first-order valence-corrected chi connectivity index (χ1v) is 5.58. The molecule has 1 amide bonds. The summed E-state index contributed by atoms with van der Waals surface area (Å²) in [4.78, 5) is 27.0. The van der Waals surface area contributed by atoms with Crippen molar-refractivity contribution in [2.24, 2.45) is 5.73 Å². The summed E-state index contributed by atoms with van der Waals surface area (Å²) in [6.45, 7) is 5.21. The number of primary amides is 1. The third-order valence-electron chi connectivity index (χ3n) is 2.35. The number of rotatable bonds is 5. The lowest BCUT2D eigenvalue weighted by molar-refractivity contribution is -0.121. The van der Waals surface area contributed by atoms with Gasteiger partial charge >= 0.3 is 5.97 Å². The van der Waals surface area contributed by atoms with Crippen molar-refractivity contribution in [1.82, 2.24) is 4.98 Å². The summed E-state index contributed by atoms with van der Waals surface area (Å²) >= 11 is 0. The number of esters is 1. The zero-order chi connectivity index (χ0) is 13.8. The Balaban J connectivity index is 3.03. The highest BCUT2D eigenvalue weighted by Crippen LogP contribution is 2.18. The highest BCUT2D eigenvalue weighted by molar-refractivity contribution is 5.96. The predicted molar refractivity (Wildman–Crippen MR) is 67.1 cm³/mol. The van der Waals surface area contributed by atoms with Gasteiger partial charge in [-0.2, -0.15) is 0 Å². The lowest BCUT2D eigenvalue weighted by Crippen LogP contribution is -2.45. The number of hydrogen-bond acceptors (Lipinski definition) is 5. The first kappa shape index (κ1) is 14.0. The first-order valence-electron chi connectivity index (χ1n) is 5.58. The highest BCUT2D eigenvalue weighted by atomic mass is 16.5. The minimum absolute atomic E-state index is 0.270. The quantitative estimate of drug-likeness (QED) is 0.759. The normalized spacial score (nSPS) is 10.8. The zero-order valence-electron chi connectivity index (χ0n) is 10.7. The molecule has 1 aromatic rings. The van der Waals surface area contributed by atoms with Crippen LogP contribution in [0.3, 0.4) is 0 Å². The molecule has 1 heterocycles. The van der Waals surface area contributed by atoms with Crippen LogP contribution in [0.15, 0.2) is 18.3 Å². The maximum Gasteiger partial charge on any atom is 0.341 e. The van der Waals surface area contributed by atoms with E-state index in [0.29, 0.717) is 0 Å². The number of carbonyl (C=O) groups excluding carboxylic acids is 2. The SMILES string of the molecule is CCOC(=O)c1cccnc1NC(C)(C)C(N)=O. The van der Waals surface area contributed by atoms with Gasteiger partial charge in [-0.1, -0.05) is 0 Å². The smallest absolute Gasteiger partial charge is 0.341 e. The number of nitrogens with one attached hydrogen (secondary N) is 1. The van der Waals surface area contributed by atoms with E-state index < -0.39 is 17.4 Å². The molecule has 98 valence electrons. The van der Waals surface area contributed by atoms with Gasteiger partial charge in [0.25, 0.3) is 0 Å². The van der Waals surface area contributed by atoms with Gasteiger partial charge in [0.15, 0.2) is 0 Å². The van der Waals surface area contributed by atoms with E-state index in [4.69, 9.17) is 10.5 Å². The largest absolute Gasteiger partial charge is 0.462 e. The van der Waals surface area contributed by atoms with Crippen LogP contribution >= 0.6 is 0 Å². The van der Waals surface area contributed by atoms with E-state index in [1.807, 2.05) is 0 Å². The molecule has 18 heavy (non-hydrogen) atoms. The first-order chi connectivity index (χ1) is 8.38. The Morgan fingerprint density at radius 3 is 2.72 bits per heavy atom. The van der Waals surface area contributed by atoms with Crippen molar-refractivity contribution >= 4 is 17.7 Å². The van der Waals surface area contributed by atoms with Crippen molar-refractivity contribution in [3.63, 3.8) is 0 Å². The van der Waals surface area contributed by atoms with Crippen molar-refractivity contribution in [2.75, 3.05) is 11.9 Å². The van der Waals surface area contributed by atoms with E-state index >= 15 is 0 Å². The van der Waals surface area contributed by atoms with Crippen LogP contribution < -0.4 is 11.1 Å². The maximum absolute atomic E-state index is 11.7. The molecule has 0 aliphatic carbocycles. The van der Waals surface area contributed by atoms with E-state index in [1.54, 1.807) is 32.9 Å². The van der Waals surface area contributed by atoms with Gasteiger partial charge < -0.3 is 15.8 Å². The maximum atomic E-state index is 11.7. The van der Waals surface area contributed by atoms with Crippen LogP contribution in [0, 0.1) is 0 Å². The fourth-order valence-electron chi connectivity index (χ4n) is 1.24. The molecule has 0 radical (unpaired) electrons. The summed E-state index contributed by atoms with van der Waals surface area (Å²) in [6.07, 6.45) is 1.52. The molecule has 0 unspecified atom stereocenters. The number of pyridine rings is 1. The number of hydrogen-bond donors (Lipinski definition) is 2. The second kappa shape index (κ2) is 5.48. The summed E-state index contributed by atoms with van der Waals surface area (Å²) in [5.41, 5.74) is 4.53. The van der Waals surface area contributed by atoms with Crippen LogP contribution in [0.4, 0.5) is 5.82 Å². The van der Waals surface area contributed by atoms with Crippen LogP contribution in [0.5, 0.6) is 0 Å². The van der Waals surface area contributed by atoms with Gasteiger partial charge in [-0.25, -0.2) is 9.78 Å². The second-order valence-electron chi connectivity index (χ2n) is 4.23. The molecular weight excluding hydrogens is 234 g/mol. The lowest BCUT2D eigenvalue weighted by Gasteiger charge is -2.23. The van der Waals surface area contributed by atoms with Crippen LogP contribution in [0.1, 0.15) is 31.1 Å². The third-order valence-corrected chi connectivity index (χ3v) is 2.35. The molecule has 0 fully saturated rings. The lowest BCUT2D eigenvalue weighted by atomic mass is 10.0. The number of aromatic nitrogens is 1. The molecule has 0 aliphatic rings. The van der Waals surface area contributed by atoms with Crippen molar-refractivity contribution in [3.05, 3.63) is 23.9 Å². The van der Waals surface area contributed by atoms with E-state index in [1.165, 1.54) is 6.20 Å². The molecule has 0 saturated heterocycles. The van der Waals surface area contributed by atoms with Crippen molar-refractivity contribution in [3.8, 4) is 0 Å². The Morgan fingerprint density at radius 2 is 2.17 bits per heavy atom. The van der Waals surface area contributed by atoms with Gasteiger partial charge in [0.05, 0.1) is 6.61 Å². The number of carbonyl (C=O) groups is 2. The summed E-state index contributed by atoms with van der Waals surface area (Å²) in [6, 6.07) is 3.19. The van der Waals surface area contributed by atoms with Gasteiger partial charge in [0.2, 0.25) is 5.91 Å². The Labute approximate surface area is 106 Å². The molecule has 6 heteroatoms. The number of nitrogens with zero attached hydrogens (tertiary/aromatic N) is 1. The minimum Gasteiger partial charge on any atom is -0.462 e. The standard InChI is InChI=1S/C12H17N3O3/c1-4-18-10(16)8-6-5-7-14-9(8)15-12(2,3)11(13)17/h5-7H,4H2,1-3H3,(H2,13,17)(H,14,15). The zero-order valence-corrected chi connectivity index (χ0v) is 10.7. The van der Waals surface area contributed by atoms with Gasteiger partial charge in [0.1, 0.15) is 16.9 Å². The fraction of sp³-hybridized carbons (Fsp3) is 0.417. The van der Waals surface area contributed by atoms with Crippen LogP contribution in [-0.2, 0) is 9.53 Å².